The summed E-state index contributed by atoms with van der Waals surface area (Å²) in [4.78, 5) is 27.7. The van der Waals surface area contributed by atoms with Gasteiger partial charge in [-0.15, -0.1) is 0 Å². The van der Waals surface area contributed by atoms with Crippen molar-refractivity contribution in [2.45, 2.75) is 57.6 Å². The molecule has 0 saturated carbocycles. The zero-order valence-corrected chi connectivity index (χ0v) is 21.8. The monoisotopic (exact) mass is 489 g/mol. The van der Waals surface area contributed by atoms with E-state index in [1.54, 1.807) is 50.4 Å². The predicted molar refractivity (Wildman–Crippen MR) is 132 cm³/mol. The SMILES string of the molecule is COc1ccc(CN(C(=O)CN(C)S(=O)(=O)c2ccc(C)cc2)[C@H](C)C(=O)NC(C)(C)C)cc1. The molecule has 0 aliphatic heterocycles. The third kappa shape index (κ3) is 7.30. The van der Waals surface area contributed by atoms with E-state index in [1.807, 2.05) is 27.7 Å². The first-order valence-corrected chi connectivity index (χ1v) is 12.5. The van der Waals surface area contributed by atoms with Gasteiger partial charge in [-0.3, -0.25) is 9.59 Å². The minimum atomic E-state index is -3.87. The quantitative estimate of drug-likeness (QED) is 0.584. The van der Waals surface area contributed by atoms with Crippen LogP contribution < -0.4 is 10.1 Å². The molecule has 0 aliphatic carbocycles. The molecule has 0 spiro atoms. The third-order valence-corrected chi connectivity index (χ3v) is 7.08. The third-order valence-electron chi connectivity index (χ3n) is 5.26. The van der Waals surface area contributed by atoms with Gasteiger partial charge in [0.25, 0.3) is 0 Å². The fraction of sp³-hybridized carbons (Fsp3) is 0.440. The van der Waals surface area contributed by atoms with Crippen molar-refractivity contribution in [3.05, 3.63) is 59.7 Å². The maximum absolute atomic E-state index is 13.3. The standard InChI is InChI=1S/C25H35N3O5S/c1-18-8-14-22(15-9-18)34(31,32)27(6)17-23(29)28(19(2)24(30)26-25(3,4)5)16-20-10-12-21(33-7)13-11-20/h8-15,19H,16-17H2,1-7H3,(H,26,30)/t19-/m1/s1. The normalized spacial score (nSPS) is 12.8. The average Bonchev–Trinajstić information content (AvgIpc) is 2.76. The Morgan fingerprint density at radius 1 is 1.03 bits per heavy atom. The minimum absolute atomic E-state index is 0.105. The van der Waals surface area contributed by atoms with Crippen LogP contribution >= 0.6 is 0 Å². The van der Waals surface area contributed by atoms with Gasteiger partial charge in [-0.2, -0.15) is 4.31 Å². The summed E-state index contributed by atoms with van der Waals surface area (Å²) in [5.74, 6) is -0.131. The Hall–Kier alpha value is -2.91. The number of aryl methyl sites for hydroxylation is 1. The largest absolute Gasteiger partial charge is 0.497 e. The van der Waals surface area contributed by atoms with Crippen LogP contribution in [-0.4, -0.2) is 61.7 Å². The van der Waals surface area contributed by atoms with E-state index in [0.717, 1.165) is 15.4 Å². The number of hydrogen-bond acceptors (Lipinski definition) is 5. The molecule has 0 aliphatic rings. The van der Waals surface area contributed by atoms with Gasteiger partial charge in [0.15, 0.2) is 0 Å². The molecule has 2 aromatic rings. The van der Waals surface area contributed by atoms with Gasteiger partial charge in [-0.25, -0.2) is 8.42 Å². The van der Waals surface area contributed by atoms with Crippen molar-refractivity contribution in [3.8, 4) is 5.75 Å². The Balaban J connectivity index is 2.29. The number of hydrogen-bond donors (Lipinski definition) is 1. The molecule has 0 fully saturated rings. The summed E-state index contributed by atoms with van der Waals surface area (Å²) in [6.07, 6.45) is 0. The second-order valence-electron chi connectivity index (χ2n) is 9.36. The molecule has 0 aromatic heterocycles. The van der Waals surface area contributed by atoms with Gasteiger partial charge < -0.3 is 15.0 Å². The number of likely N-dealkylation sites (N-methyl/N-ethyl adjacent to an activating group) is 1. The van der Waals surface area contributed by atoms with Crippen molar-refractivity contribution in [1.82, 2.24) is 14.5 Å². The molecular weight excluding hydrogens is 454 g/mol. The van der Waals surface area contributed by atoms with Gasteiger partial charge in [0.2, 0.25) is 21.8 Å². The number of carbonyl (C=O) groups excluding carboxylic acids is 2. The summed E-state index contributed by atoms with van der Waals surface area (Å²) in [7, 11) is -0.949. The summed E-state index contributed by atoms with van der Waals surface area (Å²) in [6, 6.07) is 12.8. The predicted octanol–water partition coefficient (Wildman–Crippen LogP) is 2.96. The highest BCUT2D eigenvalue weighted by Crippen LogP contribution is 2.18. The number of sulfonamides is 1. The van der Waals surface area contributed by atoms with E-state index in [1.165, 1.54) is 24.1 Å². The number of rotatable bonds is 9. The van der Waals surface area contributed by atoms with Crippen LogP contribution in [0, 0.1) is 6.92 Å². The molecule has 1 atom stereocenters. The topological polar surface area (TPSA) is 96.0 Å². The Bertz CT molecular complexity index is 1090. The van der Waals surface area contributed by atoms with Gasteiger partial charge in [0.05, 0.1) is 18.6 Å². The van der Waals surface area contributed by atoms with Gasteiger partial charge in [-0.1, -0.05) is 29.8 Å². The first-order chi connectivity index (χ1) is 15.7. The summed E-state index contributed by atoms with van der Waals surface area (Å²) in [5, 5.41) is 2.89. The van der Waals surface area contributed by atoms with Crippen LogP contribution in [0.5, 0.6) is 5.75 Å². The number of ether oxygens (including phenoxy) is 1. The second-order valence-corrected chi connectivity index (χ2v) is 11.4. The van der Waals surface area contributed by atoms with Crippen LogP contribution in [0.3, 0.4) is 0 Å². The van der Waals surface area contributed by atoms with Crippen molar-refractivity contribution < 1.29 is 22.7 Å². The number of nitrogens with zero attached hydrogens (tertiary/aromatic N) is 2. The van der Waals surface area contributed by atoms with Crippen LogP contribution in [-0.2, 0) is 26.2 Å². The Labute approximate surface area is 202 Å². The molecule has 2 aromatic carbocycles. The molecule has 2 rings (SSSR count). The van der Waals surface area contributed by atoms with Crippen molar-refractivity contribution >= 4 is 21.8 Å². The number of carbonyl (C=O) groups is 2. The minimum Gasteiger partial charge on any atom is -0.497 e. The van der Waals surface area contributed by atoms with Crippen LogP contribution in [0.4, 0.5) is 0 Å². The molecule has 2 amide bonds. The Morgan fingerprint density at radius 2 is 1.59 bits per heavy atom. The molecule has 0 unspecified atom stereocenters. The zero-order chi connectivity index (χ0) is 25.7. The van der Waals surface area contributed by atoms with Gasteiger partial charge in [0.1, 0.15) is 11.8 Å². The van der Waals surface area contributed by atoms with E-state index in [0.29, 0.717) is 5.75 Å². The smallest absolute Gasteiger partial charge is 0.243 e. The highest BCUT2D eigenvalue weighted by atomic mass is 32.2. The van der Waals surface area contributed by atoms with E-state index in [-0.39, 0.29) is 17.3 Å². The second kappa shape index (κ2) is 11.0. The molecule has 0 heterocycles. The van der Waals surface area contributed by atoms with Crippen LogP contribution in [0.15, 0.2) is 53.4 Å². The lowest BCUT2D eigenvalue weighted by Gasteiger charge is -2.32. The summed E-state index contributed by atoms with van der Waals surface area (Å²) >= 11 is 0. The Kier molecular flexibility index (Phi) is 8.85. The molecule has 186 valence electrons. The van der Waals surface area contributed by atoms with Crippen LogP contribution in [0.2, 0.25) is 0 Å². The molecule has 1 N–H and O–H groups in total. The van der Waals surface area contributed by atoms with Gasteiger partial charge in [-0.05, 0) is 64.4 Å². The fourth-order valence-electron chi connectivity index (χ4n) is 3.24. The highest BCUT2D eigenvalue weighted by Gasteiger charge is 2.31. The molecule has 8 nitrogen and oxygen atoms in total. The van der Waals surface area contributed by atoms with E-state index in [4.69, 9.17) is 4.74 Å². The number of amides is 2. The van der Waals surface area contributed by atoms with Crippen LogP contribution in [0.1, 0.15) is 38.8 Å². The molecule has 0 bridgehead atoms. The van der Waals surface area contributed by atoms with Crippen molar-refractivity contribution in [1.29, 1.82) is 0 Å². The summed E-state index contributed by atoms with van der Waals surface area (Å²) < 4.78 is 32.2. The van der Waals surface area contributed by atoms with Gasteiger partial charge >= 0.3 is 0 Å². The molecular formula is C25H35N3O5S. The highest BCUT2D eigenvalue weighted by molar-refractivity contribution is 7.89. The number of benzene rings is 2. The van der Waals surface area contributed by atoms with Gasteiger partial charge in [0, 0.05) is 19.1 Å². The molecule has 0 saturated heterocycles. The lowest BCUT2D eigenvalue weighted by molar-refractivity contribution is -0.141. The van der Waals surface area contributed by atoms with Crippen molar-refractivity contribution in [3.63, 3.8) is 0 Å². The molecule has 34 heavy (non-hydrogen) atoms. The fourth-order valence-corrected chi connectivity index (χ4v) is 4.36. The average molecular weight is 490 g/mol. The molecule has 9 heteroatoms. The van der Waals surface area contributed by atoms with Crippen LogP contribution in [0.25, 0.3) is 0 Å². The number of nitrogens with one attached hydrogen (secondary N) is 1. The molecule has 0 radical (unpaired) electrons. The maximum Gasteiger partial charge on any atom is 0.243 e. The Morgan fingerprint density at radius 3 is 2.09 bits per heavy atom. The summed E-state index contributed by atoms with van der Waals surface area (Å²) in [5.41, 5.74) is 1.24. The van der Waals surface area contributed by atoms with E-state index in [2.05, 4.69) is 5.32 Å². The van der Waals surface area contributed by atoms with E-state index >= 15 is 0 Å². The maximum atomic E-state index is 13.3. The van der Waals surface area contributed by atoms with E-state index < -0.39 is 34.1 Å². The van der Waals surface area contributed by atoms with E-state index in [9.17, 15) is 18.0 Å². The lowest BCUT2D eigenvalue weighted by atomic mass is 10.1. The first kappa shape index (κ1) is 27.3. The van der Waals surface area contributed by atoms with Crippen molar-refractivity contribution in [2.75, 3.05) is 20.7 Å². The van der Waals surface area contributed by atoms with Crippen molar-refractivity contribution in [2.24, 2.45) is 0 Å². The first-order valence-electron chi connectivity index (χ1n) is 11.0. The number of methoxy groups -OCH3 is 1. The lowest BCUT2D eigenvalue weighted by Crippen LogP contribution is -2.54. The summed E-state index contributed by atoms with van der Waals surface area (Å²) in [6.45, 7) is 8.81. The zero-order valence-electron chi connectivity index (χ0n) is 21.0.